The maximum Gasteiger partial charge on any atom is 0.332 e. The highest BCUT2D eigenvalue weighted by molar-refractivity contribution is 5.82. The Balaban J connectivity index is 0.832. The van der Waals surface area contributed by atoms with Gasteiger partial charge in [-0.1, -0.05) is 25.1 Å². The molecule has 0 bridgehead atoms. The standard InChI is InChI=1S/C32H43N13O9/c1-3-4-6-53-31-37-26(33)24-27(39-31)44(32(49)36-24)14-19-13-43(42-41-19)5-7-50-8-9-51-10-11-52-16-23(47)54-15-20-18(2)21(12-22(20)46)45-17-35-25-28(45)38-30(34)40-29(25)48/h13,17,20-22,46H,2-12,14-16H2,1H3,(H,36,49)(H2,33,37,39)(H3,34,38,40,48). The van der Waals surface area contributed by atoms with E-state index in [2.05, 4.69) is 46.8 Å². The summed E-state index contributed by atoms with van der Waals surface area (Å²) in [5.41, 5.74) is 13.0. The van der Waals surface area contributed by atoms with Gasteiger partial charge >= 0.3 is 17.7 Å². The van der Waals surface area contributed by atoms with E-state index in [0.29, 0.717) is 55.4 Å². The summed E-state index contributed by atoms with van der Waals surface area (Å²) in [6, 6.07) is -0.306. The van der Waals surface area contributed by atoms with E-state index >= 15 is 0 Å². The molecule has 1 aliphatic rings. The molecular formula is C32H43N13O9. The van der Waals surface area contributed by atoms with Crippen LogP contribution >= 0.6 is 0 Å². The molecule has 3 atom stereocenters. The third-order valence-electron chi connectivity index (χ3n) is 8.74. The zero-order valence-electron chi connectivity index (χ0n) is 29.7. The quantitative estimate of drug-likeness (QED) is 0.0373. The Morgan fingerprint density at radius 2 is 1.81 bits per heavy atom. The first-order valence-electron chi connectivity index (χ1n) is 17.4. The van der Waals surface area contributed by atoms with Gasteiger partial charge in [-0.15, -0.1) is 5.10 Å². The lowest BCUT2D eigenvalue weighted by atomic mass is 10.0. The number of aliphatic hydroxyl groups is 1. The van der Waals surface area contributed by atoms with Crippen LogP contribution in [0.25, 0.3) is 22.3 Å². The Kier molecular flexibility index (Phi) is 12.3. The van der Waals surface area contributed by atoms with Crippen LogP contribution in [-0.4, -0.2) is 124 Å². The number of rotatable bonds is 20. The van der Waals surface area contributed by atoms with Crippen LogP contribution < -0.4 is 27.5 Å². The lowest BCUT2D eigenvalue weighted by Gasteiger charge is -2.17. The highest BCUT2D eigenvalue weighted by atomic mass is 16.6. The van der Waals surface area contributed by atoms with E-state index in [1.807, 2.05) is 6.92 Å². The van der Waals surface area contributed by atoms with Gasteiger partial charge in [-0.3, -0.25) is 14.3 Å². The molecule has 22 heteroatoms. The average molecular weight is 754 g/mol. The van der Waals surface area contributed by atoms with Gasteiger partial charge in [-0.25, -0.2) is 19.3 Å². The third-order valence-corrected chi connectivity index (χ3v) is 8.74. The molecule has 22 nitrogen and oxygen atoms in total. The van der Waals surface area contributed by atoms with Crippen molar-refractivity contribution in [2.45, 2.75) is 51.4 Å². The van der Waals surface area contributed by atoms with E-state index in [1.165, 1.54) is 10.9 Å². The Morgan fingerprint density at radius 1 is 1.04 bits per heavy atom. The van der Waals surface area contributed by atoms with E-state index in [0.717, 1.165) is 12.8 Å². The number of anilines is 2. The van der Waals surface area contributed by atoms with E-state index in [9.17, 15) is 19.5 Å². The minimum atomic E-state index is -0.831. The molecule has 54 heavy (non-hydrogen) atoms. The van der Waals surface area contributed by atoms with Crippen LogP contribution in [0.5, 0.6) is 6.01 Å². The second-order valence-corrected chi connectivity index (χ2v) is 12.5. The van der Waals surface area contributed by atoms with Crippen LogP contribution in [0.3, 0.4) is 0 Å². The number of aromatic nitrogens is 11. The summed E-state index contributed by atoms with van der Waals surface area (Å²) in [6.07, 6.45) is 4.39. The molecule has 0 amide bonds. The fraction of sp³-hybridized carbons (Fsp3) is 0.531. The fourth-order valence-corrected chi connectivity index (χ4v) is 5.93. The SMILES string of the molecule is C=C1C(COC(=O)COCCOCCOCCn2cc(Cn3c(=O)[nH]c4c(N)nc(OCCCC)nc43)nn2)C(O)CC1n1cnc2c(=O)[nH]c(N)nc21. The average Bonchev–Trinajstić information content (AvgIpc) is 3.91. The van der Waals surface area contributed by atoms with Crippen LogP contribution in [0.4, 0.5) is 11.8 Å². The summed E-state index contributed by atoms with van der Waals surface area (Å²) >= 11 is 0. The summed E-state index contributed by atoms with van der Waals surface area (Å²) in [4.78, 5) is 58.9. The van der Waals surface area contributed by atoms with E-state index in [1.54, 1.807) is 15.4 Å². The normalized spacial score (nSPS) is 17.2. The Bertz CT molecular complexity index is 2190. The summed E-state index contributed by atoms with van der Waals surface area (Å²) < 4.78 is 32.0. The molecule has 290 valence electrons. The van der Waals surface area contributed by atoms with Gasteiger partial charge in [0.25, 0.3) is 5.56 Å². The molecule has 0 saturated heterocycles. The predicted molar refractivity (Wildman–Crippen MR) is 190 cm³/mol. The smallest absolute Gasteiger partial charge is 0.332 e. The summed E-state index contributed by atoms with van der Waals surface area (Å²) in [7, 11) is 0. The van der Waals surface area contributed by atoms with Gasteiger partial charge in [0.15, 0.2) is 22.6 Å². The van der Waals surface area contributed by atoms with E-state index < -0.39 is 35.3 Å². The second-order valence-electron chi connectivity index (χ2n) is 12.5. The highest BCUT2D eigenvalue weighted by Crippen LogP contribution is 2.40. The molecule has 1 aliphatic carbocycles. The third kappa shape index (κ3) is 8.90. The first-order valence-corrected chi connectivity index (χ1v) is 17.4. The number of nitrogens with one attached hydrogen (secondary N) is 2. The molecular weight excluding hydrogens is 710 g/mol. The van der Waals surface area contributed by atoms with Crippen molar-refractivity contribution in [1.29, 1.82) is 0 Å². The number of imidazole rings is 2. The number of hydrogen-bond donors (Lipinski definition) is 5. The minimum absolute atomic E-state index is 0.0514. The summed E-state index contributed by atoms with van der Waals surface area (Å²) in [5, 5.41) is 18.9. The number of nitrogens with zero attached hydrogens (tertiary/aromatic N) is 9. The number of aromatic amines is 2. The van der Waals surface area contributed by atoms with Gasteiger partial charge in [0, 0.05) is 5.92 Å². The first-order chi connectivity index (χ1) is 26.1. The van der Waals surface area contributed by atoms with Crippen molar-refractivity contribution < 1.29 is 33.6 Å². The van der Waals surface area contributed by atoms with Crippen molar-refractivity contribution >= 4 is 40.1 Å². The highest BCUT2D eigenvalue weighted by Gasteiger charge is 2.39. The number of carbonyl (C=O) groups excluding carboxylic acids is 1. The molecule has 5 aromatic rings. The van der Waals surface area contributed by atoms with Crippen LogP contribution in [0.1, 0.15) is 37.9 Å². The van der Waals surface area contributed by atoms with Crippen molar-refractivity contribution in [2.24, 2.45) is 5.92 Å². The number of nitrogens with two attached hydrogens (primary N) is 2. The van der Waals surface area contributed by atoms with Crippen molar-refractivity contribution in [3.05, 3.63) is 51.2 Å². The molecule has 5 heterocycles. The molecule has 1 fully saturated rings. The molecule has 0 aromatic carbocycles. The number of fused-ring (bicyclic) bond motifs is 2. The topological polar surface area (TPSA) is 293 Å². The lowest BCUT2D eigenvalue weighted by Crippen LogP contribution is -2.24. The van der Waals surface area contributed by atoms with Crippen LogP contribution in [0.2, 0.25) is 0 Å². The zero-order valence-corrected chi connectivity index (χ0v) is 29.7. The number of hydrogen-bond acceptors (Lipinski definition) is 17. The molecule has 3 unspecified atom stereocenters. The number of aliphatic hydroxyl groups excluding tert-OH is 1. The Hall–Kier alpha value is -5.71. The van der Waals surface area contributed by atoms with Gasteiger partial charge in [0.2, 0.25) is 5.95 Å². The van der Waals surface area contributed by atoms with Gasteiger partial charge in [0.1, 0.15) is 24.4 Å². The lowest BCUT2D eigenvalue weighted by molar-refractivity contribution is -0.151. The van der Waals surface area contributed by atoms with Gasteiger partial charge in [0.05, 0.1) is 77.4 Å². The number of unbranched alkanes of at least 4 members (excludes halogenated alkanes) is 1. The molecule has 0 aliphatic heterocycles. The van der Waals surface area contributed by atoms with Crippen LogP contribution in [-0.2, 0) is 36.8 Å². The predicted octanol–water partition coefficient (Wildman–Crippen LogP) is -0.693. The number of ether oxygens (including phenoxy) is 5. The molecule has 0 spiro atoms. The minimum Gasteiger partial charge on any atom is -0.463 e. The van der Waals surface area contributed by atoms with Crippen molar-refractivity contribution in [1.82, 2.24) is 54.0 Å². The molecule has 0 radical (unpaired) electrons. The largest absolute Gasteiger partial charge is 0.463 e. The van der Waals surface area contributed by atoms with Gasteiger partial charge in [-0.2, -0.15) is 15.0 Å². The second kappa shape index (κ2) is 17.4. The maximum absolute atomic E-state index is 12.6. The van der Waals surface area contributed by atoms with Crippen molar-refractivity contribution in [3.63, 3.8) is 0 Å². The van der Waals surface area contributed by atoms with Crippen molar-refractivity contribution in [3.8, 4) is 6.01 Å². The monoisotopic (exact) mass is 753 g/mol. The summed E-state index contributed by atoms with van der Waals surface area (Å²) in [6.45, 7) is 8.10. The van der Waals surface area contributed by atoms with Gasteiger partial charge < -0.3 is 49.8 Å². The number of esters is 1. The summed E-state index contributed by atoms with van der Waals surface area (Å²) in [5.74, 6) is -1.06. The van der Waals surface area contributed by atoms with E-state index in [-0.39, 0.29) is 68.3 Å². The first kappa shape index (κ1) is 38.0. The number of carbonyl (C=O) groups is 1. The number of H-pyrrole nitrogens is 2. The van der Waals surface area contributed by atoms with Crippen LogP contribution in [0, 0.1) is 5.92 Å². The van der Waals surface area contributed by atoms with Gasteiger partial charge in [-0.05, 0) is 18.4 Å². The number of nitrogen functional groups attached to an aromatic ring is 2. The molecule has 1 saturated carbocycles. The molecule has 6 rings (SSSR count). The maximum atomic E-state index is 12.6. The fourth-order valence-electron chi connectivity index (χ4n) is 5.93. The van der Waals surface area contributed by atoms with E-state index in [4.69, 9.17) is 35.2 Å². The molecule has 7 N–H and O–H groups in total. The Labute approximate surface area is 306 Å². The zero-order chi connectivity index (χ0) is 38.2. The molecule has 5 aromatic heterocycles. The van der Waals surface area contributed by atoms with Crippen LogP contribution in [0.15, 0.2) is 34.3 Å². The Morgan fingerprint density at radius 3 is 2.61 bits per heavy atom. The van der Waals surface area contributed by atoms with Crippen molar-refractivity contribution in [2.75, 3.05) is 64.3 Å².